The molecule has 0 saturated heterocycles. The Bertz CT molecular complexity index is 655. The molecule has 0 aromatic heterocycles. The van der Waals surface area contributed by atoms with Crippen LogP contribution in [0.2, 0.25) is 0 Å². The predicted molar refractivity (Wildman–Crippen MR) is 97.0 cm³/mol. The van der Waals surface area contributed by atoms with Crippen molar-refractivity contribution < 1.29 is 14.3 Å². The van der Waals surface area contributed by atoms with E-state index in [9.17, 15) is 4.79 Å². The number of carbonyl (C=O) groups excluding carboxylic acids is 1. The number of ether oxygens (including phenoxy) is 2. The number of hydrogen-bond acceptors (Lipinski definition) is 3. The molecule has 0 aliphatic heterocycles. The van der Waals surface area contributed by atoms with Crippen molar-refractivity contribution in [3.8, 4) is 11.5 Å². The van der Waals surface area contributed by atoms with E-state index in [1.807, 2.05) is 53.4 Å². The molecule has 0 N–H and O–H groups in total. The lowest BCUT2D eigenvalue weighted by molar-refractivity contribution is -0.118. The van der Waals surface area contributed by atoms with Gasteiger partial charge in [0, 0.05) is 17.8 Å². The molecule has 0 saturated carbocycles. The van der Waals surface area contributed by atoms with E-state index < -0.39 is 0 Å². The molecule has 0 radical (unpaired) electrons. The Labute approximate surface area is 144 Å². The lowest BCUT2D eigenvalue weighted by Crippen LogP contribution is -2.33. The highest BCUT2D eigenvalue weighted by atomic mass is 16.5. The molecule has 2 rings (SSSR count). The fraction of sp³-hybridized carbons (Fsp3) is 0.350. The Morgan fingerprint density at radius 1 is 1.04 bits per heavy atom. The standard InChI is InChI=1S/C20H25NO3/c1-4-5-13-21(17-9-7-6-8-10-17)20(22)15-16-14-18(23-2)11-12-19(16)24-3/h6-12,14H,4-5,13,15H2,1-3H3. The molecule has 4 heteroatoms. The second kappa shape index (κ2) is 8.96. The Balaban J connectivity index is 2.24. The first-order valence-electron chi connectivity index (χ1n) is 8.26. The van der Waals surface area contributed by atoms with Gasteiger partial charge in [0.25, 0.3) is 0 Å². The number of carbonyl (C=O) groups is 1. The monoisotopic (exact) mass is 327 g/mol. The van der Waals surface area contributed by atoms with Crippen molar-refractivity contribution in [3.63, 3.8) is 0 Å². The maximum atomic E-state index is 12.9. The average molecular weight is 327 g/mol. The summed E-state index contributed by atoms with van der Waals surface area (Å²) in [5.41, 5.74) is 1.76. The Morgan fingerprint density at radius 2 is 1.79 bits per heavy atom. The van der Waals surface area contributed by atoms with Gasteiger partial charge in [0.2, 0.25) is 5.91 Å². The highest BCUT2D eigenvalue weighted by Gasteiger charge is 2.18. The Morgan fingerprint density at radius 3 is 2.42 bits per heavy atom. The summed E-state index contributed by atoms with van der Waals surface area (Å²) < 4.78 is 10.7. The van der Waals surface area contributed by atoms with Gasteiger partial charge in [0.05, 0.1) is 20.6 Å². The van der Waals surface area contributed by atoms with Gasteiger partial charge in [-0.1, -0.05) is 31.5 Å². The van der Waals surface area contributed by atoms with Crippen LogP contribution < -0.4 is 14.4 Å². The first kappa shape index (κ1) is 17.9. The topological polar surface area (TPSA) is 38.8 Å². The van der Waals surface area contributed by atoms with E-state index in [-0.39, 0.29) is 12.3 Å². The largest absolute Gasteiger partial charge is 0.497 e. The van der Waals surface area contributed by atoms with E-state index in [1.165, 1.54) is 0 Å². The van der Waals surface area contributed by atoms with E-state index in [0.717, 1.165) is 29.8 Å². The minimum Gasteiger partial charge on any atom is -0.497 e. The van der Waals surface area contributed by atoms with Gasteiger partial charge in [-0.25, -0.2) is 0 Å². The van der Waals surface area contributed by atoms with Gasteiger partial charge in [0.1, 0.15) is 11.5 Å². The van der Waals surface area contributed by atoms with Gasteiger partial charge >= 0.3 is 0 Å². The third kappa shape index (κ3) is 4.51. The molecule has 0 aliphatic rings. The molecule has 0 spiro atoms. The molecule has 0 heterocycles. The summed E-state index contributed by atoms with van der Waals surface area (Å²) in [5, 5.41) is 0. The number of hydrogen-bond donors (Lipinski definition) is 0. The molecule has 0 aliphatic carbocycles. The van der Waals surface area contributed by atoms with Crippen LogP contribution in [0.5, 0.6) is 11.5 Å². The molecule has 2 aromatic carbocycles. The fourth-order valence-corrected chi connectivity index (χ4v) is 2.60. The molecule has 0 fully saturated rings. The molecular formula is C20H25NO3. The van der Waals surface area contributed by atoms with E-state index in [1.54, 1.807) is 14.2 Å². The summed E-state index contributed by atoms with van der Waals surface area (Å²) >= 11 is 0. The molecule has 4 nitrogen and oxygen atoms in total. The van der Waals surface area contributed by atoms with Gasteiger partial charge in [-0.15, -0.1) is 0 Å². The van der Waals surface area contributed by atoms with Crippen molar-refractivity contribution in [2.45, 2.75) is 26.2 Å². The Hall–Kier alpha value is -2.49. The quantitative estimate of drug-likeness (QED) is 0.733. The maximum Gasteiger partial charge on any atom is 0.231 e. The lowest BCUT2D eigenvalue weighted by atomic mass is 10.1. The summed E-state index contributed by atoms with van der Waals surface area (Å²) in [5.74, 6) is 1.48. The smallest absolute Gasteiger partial charge is 0.231 e. The molecule has 0 unspecified atom stereocenters. The van der Waals surface area contributed by atoms with Gasteiger partial charge < -0.3 is 14.4 Å². The number of nitrogens with zero attached hydrogens (tertiary/aromatic N) is 1. The lowest BCUT2D eigenvalue weighted by Gasteiger charge is -2.23. The van der Waals surface area contributed by atoms with Crippen LogP contribution in [0, 0.1) is 0 Å². The molecule has 1 amide bonds. The zero-order valence-corrected chi connectivity index (χ0v) is 14.6. The van der Waals surface area contributed by atoms with Gasteiger partial charge in [-0.05, 0) is 36.8 Å². The highest BCUT2D eigenvalue weighted by Crippen LogP contribution is 2.26. The molecule has 0 atom stereocenters. The third-order valence-corrected chi connectivity index (χ3v) is 3.93. The normalized spacial score (nSPS) is 10.3. The van der Waals surface area contributed by atoms with Crippen molar-refractivity contribution in [1.29, 1.82) is 0 Å². The van der Waals surface area contributed by atoms with Crippen molar-refractivity contribution >= 4 is 11.6 Å². The minimum absolute atomic E-state index is 0.0567. The summed E-state index contributed by atoms with van der Waals surface area (Å²) in [6, 6.07) is 15.3. The zero-order valence-electron chi connectivity index (χ0n) is 14.6. The average Bonchev–Trinajstić information content (AvgIpc) is 2.62. The van der Waals surface area contributed by atoms with E-state index in [4.69, 9.17) is 9.47 Å². The first-order valence-corrected chi connectivity index (χ1v) is 8.26. The number of amides is 1. The SMILES string of the molecule is CCCCN(C(=O)Cc1cc(OC)ccc1OC)c1ccccc1. The molecule has 0 bridgehead atoms. The number of unbranched alkanes of at least 4 members (excludes halogenated alkanes) is 1. The highest BCUT2D eigenvalue weighted by molar-refractivity contribution is 5.95. The number of anilines is 1. The summed E-state index contributed by atoms with van der Waals surface area (Å²) in [4.78, 5) is 14.8. The number of methoxy groups -OCH3 is 2. The van der Waals surface area contributed by atoms with Crippen LogP contribution >= 0.6 is 0 Å². The van der Waals surface area contributed by atoms with Gasteiger partial charge in [-0.3, -0.25) is 4.79 Å². The number of benzene rings is 2. The Kier molecular flexibility index (Phi) is 6.67. The summed E-state index contributed by atoms with van der Waals surface area (Å²) in [6.45, 7) is 2.84. The maximum absolute atomic E-state index is 12.9. The van der Waals surface area contributed by atoms with Crippen LogP contribution in [0.3, 0.4) is 0 Å². The molecule has 128 valence electrons. The van der Waals surface area contributed by atoms with Crippen molar-refractivity contribution in [2.75, 3.05) is 25.7 Å². The summed E-state index contributed by atoms with van der Waals surface area (Å²) in [7, 11) is 3.23. The minimum atomic E-state index is 0.0567. The van der Waals surface area contributed by atoms with Crippen LogP contribution in [0.25, 0.3) is 0 Å². The second-order valence-electron chi connectivity index (χ2n) is 5.59. The fourth-order valence-electron chi connectivity index (χ4n) is 2.60. The third-order valence-electron chi connectivity index (χ3n) is 3.93. The van der Waals surface area contributed by atoms with Crippen LogP contribution in [0.4, 0.5) is 5.69 Å². The number of para-hydroxylation sites is 1. The van der Waals surface area contributed by atoms with Crippen LogP contribution in [0.15, 0.2) is 48.5 Å². The predicted octanol–water partition coefficient (Wildman–Crippen LogP) is 4.08. The van der Waals surface area contributed by atoms with Crippen molar-refractivity contribution in [1.82, 2.24) is 0 Å². The van der Waals surface area contributed by atoms with E-state index in [0.29, 0.717) is 12.3 Å². The summed E-state index contributed by atoms with van der Waals surface area (Å²) in [6.07, 6.45) is 2.29. The second-order valence-corrected chi connectivity index (χ2v) is 5.59. The molecule has 2 aromatic rings. The van der Waals surface area contributed by atoms with Crippen LogP contribution in [-0.4, -0.2) is 26.7 Å². The molecule has 24 heavy (non-hydrogen) atoms. The molecular weight excluding hydrogens is 302 g/mol. The van der Waals surface area contributed by atoms with Gasteiger partial charge in [0.15, 0.2) is 0 Å². The van der Waals surface area contributed by atoms with Crippen LogP contribution in [-0.2, 0) is 11.2 Å². The van der Waals surface area contributed by atoms with Crippen LogP contribution in [0.1, 0.15) is 25.3 Å². The van der Waals surface area contributed by atoms with E-state index in [2.05, 4.69) is 6.92 Å². The van der Waals surface area contributed by atoms with E-state index >= 15 is 0 Å². The first-order chi connectivity index (χ1) is 11.7. The zero-order chi connectivity index (χ0) is 17.4. The van der Waals surface area contributed by atoms with Gasteiger partial charge in [-0.2, -0.15) is 0 Å². The van der Waals surface area contributed by atoms with Crippen molar-refractivity contribution in [2.24, 2.45) is 0 Å². The van der Waals surface area contributed by atoms with Crippen molar-refractivity contribution in [3.05, 3.63) is 54.1 Å². The number of rotatable bonds is 8.